The van der Waals surface area contributed by atoms with Crippen molar-refractivity contribution in [3.63, 3.8) is 0 Å². The molecule has 0 unspecified atom stereocenters. The number of benzene rings is 1. The molecular weight excluding hydrogens is 182 g/mol. The molecule has 15 heavy (non-hydrogen) atoms. The summed E-state index contributed by atoms with van der Waals surface area (Å²) in [7, 11) is 0. The van der Waals surface area contributed by atoms with E-state index in [1.165, 1.54) is 21.9 Å². The Morgan fingerprint density at radius 2 is 2.00 bits per heavy atom. The van der Waals surface area contributed by atoms with Crippen LogP contribution in [-0.4, -0.2) is 4.98 Å². The first-order chi connectivity index (χ1) is 7.24. The Morgan fingerprint density at radius 3 is 2.67 bits per heavy atom. The first-order valence-corrected chi connectivity index (χ1v) is 5.59. The molecular formula is C14H17N. The van der Waals surface area contributed by atoms with Crippen LogP contribution in [0.15, 0.2) is 30.6 Å². The Hall–Kier alpha value is -1.37. The fourth-order valence-corrected chi connectivity index (χ4v) is 2.07. The lowest BCUT2D eigenvalue weighted by Crippen LogP contribution is -1.94. The molecule has 0 fully saturated rings. The van der Waals surface area contributed by atoms with Gasteiger partial charge in [0, 0.05) is 17.8 Å². The van der Waals surface area contributed by atoms with Crippen molar-refractivity contribution < 1.29 is 0 Å². The summed E-state index contributed by atoms with van der Waals surface area (Å²) in [4.78, 5) is 4.31. The second-order valence-corrected chi connectivity index (χ2v) is 4.25. The summed E-state index contributed by atoms with van der Waals surface area (Å²) in [5.74, 6) is 0.536. The molecule has 0 spiro atoms. The zero-order chi connectivity index (χ0) is 10.8. The Balaban J connectivity index is 2.81. The molecule has 0 N–H and O–H groups in total. The van der Waals surface area contributed by atoms with Gasteiger partial charge in [0.15, 0.2) is 0 Å². The topological polar surface area (TPSA) is 12.9 Å². The van der Waals surface area contributed by atoms with E-state index in [9.17, 15) is 0 Å². The number of hydrogen-bond acceptors (Lipinski definition) is 1. The van der Waals surface area contributed by atoms with Crippen molar-refractivity contribution in [2.24, 2.45) is 0 Å². The van der Waals surface area contributed by atoms with Gasteiger partial charge < -0.3 is 0 Å². The molecule has 2 aromatic rings. The predicted molar refractivity (Wildman–Crippen MR) is 65.2 cm³/mol. The molecule has 0 aliphatic rings. The van der Waals surface area contributed by atoms with Gasteiger partial charge in [0.1, 0.15) is 0 Å². The standard InChI is InChI=1S/C14H17N/c1-4-11-6-5-7-12-8-15-9-13(10(2)3)14(11)12/h5-10H,4H2,1-3H3. The molecule has 1 aromatic heterocycles. The summed E-state index contributed by atoms with van der Waals surface area (Å²) in [5.41, 5.74) is 2.79. The van der Waals surface area contributed by atoms with Gasteiger partial charge in [-0.25, -0.2) is 0 Å². The number of aryl methyl sites for hydroxylation is 1. The van der Waals surface area contributed by atoms with Crippen molar-refractivity contribution in [2.75, 3.05) is 0 Å². The Labute approximate surface area is 91.2 Å². The molecule has 0 atom stereocenters. The monoisotopic (exact) mass is 199 g/mol. The average Bonchev–Trinajstić information content (AvgIpc) is 2.27. The van der Waals surface area contributed by atoms with Crippen LogP contribution >= 0.6 is 0 Å². The van der Waals surface area contributed by atoms with E-state index in [2.05, 4.69) is 44.0 Å². The molecule has 1 heteroatoms. The highest BCUT2D eigenvalue weighted by Gasteiger charge is 2.08. The highest BCUT2D eigenvalue weighted by atomic mass is 14.6. The molecule has 0 radical (unpaired) electrons. The van der Waals surface area contributed by atoms with Gasteiger partial charge in [-0.15, -0.1) is 0 Å². The smallest absolute Gasteiger partial charge is 0.0346 e. The van der Waals surface area contributed by atoms with Gasteiger partial charge in [0.05, 0.1) is 0 Å². The minimum atomic E-state index is 0.536. The van der Waals surface area contributed by atoms with Gasteiger partial charge in [-0.05, 0) is 28.9 Å². The second-order valence-electron chi connectivity index (χ2n) is 4.25. The van der Waals surface area contributed by atoms with E-state index >= 15 is 0 Å². The van der Waals surface area contributed by atoms with E-state index in [-0.39, 0.29) is 0 Å². The highest BCUT2D eigenvalue weighted by Crippen LogP contribution is 2.27. The van der Waals surface area contributed by atoms with Gasteiger partial charge >= 0.3 is 0 Å². The van der Waals surface area contributed by atoms with E-state index in [0.717, 1.165) is 6.42 Å². The van der Waals surface area contributed by atoms with E-state index < -0.39 is 0 Å². The van der Waals surface area contributed by atoms with E-state index in [1.807, 2.05) is 12.4 Å². The third kappa shape index (κ3) is 1.74. The van der Waals surface area contributed by atoms with Crippen molar-refractivity contribution in [3.8, 4) is 0 Å². The zero-order valence-electron chi connectivity index (χ0n) is 9.62. The molecule has 1 heterocycles. The number of rotatable bonds is 2. The van der Waals surface area contributed by atoms with Gasteiger partial charge in [0.2, 0.25) is 0 Å². The van der Waals surface area contributed by atoms with Crippen LogP contribution in [0.25, 0.3) is 10.8 Å². The molecule has 0 aliphatic heterocycles. The lowest BCUT2D eigenvalue weighted by atomic mass is 9.94. The molecule has 0 amide bonds. The quantitative estimate of drug-likeness (QED) is 0.714. The van der Waals surface area contributed by atoms with E-state index in [4.69, 9.17) is 0 Å². The average molecular weight is 199 g/mol. The lowest BCUT2D eigenvalue weighted by molar-refractivity contribution is 0.867. The minimum Gasteiger partial charge on any atom is -0.264 e. The summed E-state index contributed by atoms with van der Waals surface area (Å²) >= 11 is 0. The number of pyridine rings is 1. The second kappa shape index (κ2) is 4.01. The van der Waals surface area contributed by atoms with Crippen molar-refractivity contribution in [3.05, 3.63) is 41.7 Å². The van der Waals surface area contributed by atoms with Crippen LogP contribution in [0.3, 0.4) is 0 Å². The van der Waals surface area contributed by atoms with Crippen LogP contribution in [-0.2, 0) is 6.42 Å². The summed E-state index contributed by atoms with van der Waals surface area (Å²) < 4.78 is 0. The molecule has 1 aromatic carbocycles. The van der Waals surface area contributed by atoms with E-state index in [0.29, 0.717) is 5.92 Å². The molecule has 1 nitrogen and oxygen atoms in total. The van der Waals surface area contributed by atoms with Crippen LogP contribution in [0.2, 0.25) is 0 Å². The van der Waals surface area contributed by atoms with Crippen LogP contribution in [0.4, 0.5) is 0 Å². The number of nitrogens with zero attached hydrogens (tertiary/aromatic N) is 1. The van der Waals surface area contributed by atoms with Gasteiger partial charge in [-0.2, -0.15) is 0 Å². The minimum absolute atomic E-state index is 0.536. The lowest BCUT2D eigenvalue weighted by Gasteiger charge is -2.12. The molecule has 78 valence electrons. The molecule has 0 saturated carbocycles. The maximum absolute atomic E-state index is 4.31. The van der Waals surface area contributed by atoms with Crippen molar-refractivity contribution >= 4 is 10.8 Å². The normalized spacial score (nSPS) is 11.2. The van der Waals surface area contributed by atoms with Crippen LogP contribution in [0, 0.1) is 0 Å². The molecule has 0 bridgehead atoms. The molecule has 2 rings (SSSR count). The molecule has 0 aliphatic carbocycles. The summed E-state index contributed by atoms with van der Waals surface area (Å²) in [5, 5.41) is 2.67. The fourth-order valence-electron chi connectivity index (χ4n) is 2.07. The van der Waals surface area contributed by atoms with Gasteiger partial charge in [-0.1, -0.05) is 39.0 Å². The Bertz CT molecular complexity index is 466. The number of hydrogen-bond donors (Lipinski definition) is 0. The summed E-state index contributed by atoms with van der Waals surface area (Å²) in [6.45, 7) is 6.66. The van der Waals surface area contributed by atoms with Crippen LogP contribution in [0.1, 0.15) is 37.8 Å². The van der Waals surface area contributed by atoms with Crippen molar-refractivity contribution in [1.82, 2.24) is 4.98 Å². The first kappa shape index (κ1) is 10.2. The van der Waals surface area contributed by atoms with Gasteiger partial charge in [0.25, 0.3) is 0 Å². The van der Waals surface area contributed by atoms with Gasteiger partial charge in [-0.3, -0.25) is 4.98 Å². The SMILES string of the molecule is CCc1cccc2cncc(C(C)C)c12. The van der Waals surface area contributed by atoms with E-state index in [1.54, 1.807) is 0 Å². The molecule has 0 saturated heterocycles. The third-order valence-electron chi connectivity index (χ3n) is 2.90. The van der Waals surface area contributed by atoms with Crippen molar-refractivity contribution in [1.29, 1.82) is 0 Å². The highest BCUT2D eigenvalue weighted by molar-refractivity contribution is 5.88. The Morgan fingerprint density at radius 1 is 1.20 bits per heavy atom. The summed E-state index contributed by atoms with van der Waals surface area (Å²) in [6.07, 6.45) is 5.05. The fraction of sp³-hybridized carbons (Fsp3) is 0.357. The third-order valence-corrected chi connectivity index (χ3v) is 2.90. The maximum Gasteiger partial charge on any atom is 0.0346 e. The van der Waals surface area contributed by atoms with Crippen LogP contribution in [0.5, 0.6) is 0 Å². The number of fused-ring (bicyclic) bond motifs is 1. The zero-order valence-corrected chi connectivity index (χ0v) is 9.62. The Kier molecular flexibility index (Phi) is 2.72. The summed E-state index contributed by atoms with van der Waals surface area (Å²) in [6, 6.07) is 6.48. The van der Waals surface area contributed by atoms with Crippen LogP contribution < -0.4 is 0 Å². The predicted octanol–water partition coefficient (Wildman–Crippen LogP) is 3.92. The largest absolute Gasteiger partial charge is 0.264 e. The first-order valence-electron chi connectivity index (χ1n) is 5.59. The van der Waals surface area contributed by atoms with Crippen molar-refractivity contribution in [2.45, 2.75) is 33.1 Å². The number of aromatic nitrogens is 1. The maximum atomic E-state index is 4.31.